The lowest BCUT2D eigenvalue weighted by Crippen LogP contribution is -2.36. The van der Waals surface area contributed by atoms with Gasteiger partial charge in [-0.05, 0) is 51.1 Å². The van der Waals surface area contributed by atoms with E-state index in [1.165, 1.54) is 0 Å². The van der Waals surface area contributed by atoms with Crippen molar-refractivity contribution < 1.29 is 4.79 Å². The second kappa shape index (κ2) is 9.23. The topological polar surface area (TPSA) is 50.2 Å². The Labute approximate surface area is 144 Å². The molecule has 0 saturated heterocycles. The molecule has 5 heteroatoms. The molecule has 2 rings (SSSR count). The molecule has 0 spiro atoms. The van der Waals surface area contributed by atoms with Gasteiger partial charge in [0.1, 0.15) is 5.69 Å². The quantitative estimate of drug-likeness (QED) is 0.770. The summed E-state index contributed by atoms with van der Waals surface area (Å²) in [7, 11) is 0. The van der Waals surface area contributed by atoms with Crippen LogP contribution in [0.25, 0.3) is 5.69 Å². The molecular formula is C19H28N4O. The van der Waals surface area contributed by atoms with Crippen molar-refractivity contribution in [3.8, 4) is 5.69 Å². The van der Waals surface area contributed by atoms with E-state index in [0.717, 1.165) is 43.9 Å². The summed E-state index contributed by atoms with van der Waals surface area (Å²) in [6.07, 6.45) is 2.27. The lowest BCUT2D eigenvalue weighted by Gasteiger charge is -2.20. The Morgan fingerprint density at radius 2 is 1.79 bits per heavy atom. The molecule has 1 aromatic carbocycles. The minimum Gasteiger partial charge on any atom is -0.349 e. The smallest absolute Gasteiger partial charge is 0.270 e. The van der Waals surface area contributed by atoms with Gasteiger partial charge in [0.25, 0.3) is 5.91 Å². The maximum atomic E-state index is 12.6. The van der Waals surface area contributed by atoms with E-state index >= 15 is 0 Å². The number of aromatic nitrogens is 2. The van der Waals surface area contributed by atoms with Crippen molar-refractivity contribution >= 4 is 5.91 Å². The highest BCUT2D eigenvalue weighted by Gasteiger charge is 2.15. The molecule has 24 heavy (non-hydrogen) atoms. The monoisotopic (exact) mass is 328 g/mol. The van der Waals surface area contributed by atoms with E-state index in [1.54, 1.807) is 4.68 Å². The largest absolute Gasteiger partial charge is 0.349 e. The summed E-state index contributed by atoms with van der Waals surface area (Å²) in [5.74, 6) is -0.0765. The first-order valence-electron chi connectivity index (χ1n) is 8.78. The van der Waals surface area contributed by atoms with Gasteiger partial charge in [0.05, 0.1) is 11.4 Å². The molecule has 2 aromatic rings. The molecule has 0 radical (unpaired) electrons. The number of nitrogens with one attached hydrogen (secondary N) is 1. The van der Waals surface area contributed by atoms with E-state index in [2.05, 4.69) is 29.2 Å². The molecule has 5 nitrogen and oxygen atoms in total. The number of hydrogen-bond acceptors (Lipinski definition) is 3. The van der Waals surface area contributed by atoms with Crippen molar-refractivity contribution in [2.75, 3.05) is 26.2 Å². The van der Waals surface area contributed by atoms with Crippen LogP contribution in [-0.2, 0) is 0 Å². The highest BCUT2D eigenvalue weighted by molar-refractivity contribution is 5.93. The molecule has 0 aliphatic heterocycles. The van der Waals surface area contributed by atoms with Gasteiger partial charge in [-0.2, -0.15) is 5.10 Å². The van der Waals surface area contributed by atoms with Crippen molar-refractivity contribution in [2.24, 2.45) is 0 Å². The van der Waals surface area contributed by atoms with Crippen LogP contribution in [0.4, 0.5) is 0 Å². The maximum Gasteiger partial charge on any atom is 0.270 e. The molecule has 0 aliphatic carbocycles. The zero-order chi connectivity index (χ0) is 17.4. The molecule has 0 aliphatic rings. The van der Waals surface area contributed by atoms with Crippen molar-refractivity contribution in [2.45, 2.75) is 33.6 Å². The van der Waals surface area contributed by atoms with Crippen molar-refractivity contribution in [3.63, 3.8) is 0 Å². The van der Waals surface area contributed by atoms with Gasteiger partial charge in [0.15, 0.2) is 0 Å². The molecule has 0 fully saturated rings. The number of para-hydroxylation sites is 1. The molecule has 1 N–H and O–H groups in total. The van der Waals surface area contributed by atoms with Gasteiger partial charge in [0.2, 0.25) is 0 Å². The number of carbonyl (C=O) groups excluding carboxylic acids is 1. The van der Waals surface area contributed by atoms with Crippen LogP contribution in [0.5, 0.6) is 0 Å². The highest BCUT2D eigenvalue weighted by Crippen LogP contribution is 2.12. The molecule has 0 bridgehead atoms. The standard InChI is InChI=1S/C19H28N4O/c1-4-12-22(13-5-2)14-11-20-19(24)18-15-16(3)21-23(18)17-9-7-6-8-10-17/h6-10,15H,4-5,11-14H2,1-3H3,(H,20,24). The van der Waals surface area contributed by atoms with E-state index in [1.807, 2.05) is 43.3 Å². The third kappa shape index (κ3) is 4.93. The van der Waals surface area contributed by atoms with E-state index in [4.69, 9.17) is 0 Å². The lowest BCUT2D eigenvalue weighted by molar-refractivity contribution is 0.0940. The summed E-state index contributed by atoms with van der Waals surface area (Å²) in [6, 6.07) is 11.6. The highest BCUT2D eigenvalue weighted by atomic mass is 16.2. The predicted octanol–water partition coefficient (Wildman–Crippen LogP) is 3.03. The first kappa shape index (κ1) is 18.2. The Kier molecular flexibility index (Phi) is 7.00. The minimum absolute atomic E-state index is 0.0765. The van der Waals surface area contributed by atoms with Gasteiger partial charge in [-0.25, -0.2) is 4.68 Å². The number of rotatable bonds is 9. The molecule has 0 unspecified atom stereocenters. The Morgan fingerprint density at radius 3 is 2.42 bits per heavy atom. The lowest BCUT2D eigenvalue weighted by atomic mass is 10.3. The number of amides is 1. The van der Waals surface area contributed by atoms with Crippen LogP contribution >= 0.6 is 0 Å². The van der Waals surface area contributed by atoms with Crippen LogP contribution in [-0.4, -0.2) is 46.8 Å². The van der Waals surface area contributed by atoms with Gasteiger partial charge in [-0.3, -0.25) is 4.79 Å². The number of aryl methyl sites for hydroxylation is 1. The van der Waals surface area contributed by atoms with Gasteiger partial charge < -0.3 is 10.2 Å². The normalized spacial score (nSPS) is 11.0. The van der Waals surface area contributed by atoms with Gasteiger partial charge >= 0.3 is 0 Å². The maximum absolute atomic E-state index is 12.6. The molecule has 1 heterocycles. The van der Waals surface area contributed by atoms with Crippen molar-refractivity contribution in [3.05, 3.63) is 47.8 Å². The van der Waals surface area contributed by atoms with Crippen molar-refractivity contribution in [1.82, 2.24) is 20.0 Å². The van der Waals surface area contributed by atoms with Crippen LogP contribution in [0.3, 0.4) is 0 Å². The third-order valence-corrected chi connectivity index (χ3v) is 3.86. The van der Waals surface area contributed by atoms with E-state index in [-0.39, 0.29) is 5.91 Å². The van der Waals surface area contributed by atoms with E-state index in [0.29, 0.717) is 12.2 Å². The average molecular weight is 328 g/mol. The summed E-state index contributed by atoms with van der Waals surface area (Å²) in [5.41, 5.74) is 2.31. The Morgan fingerprint density at radius 1 is 1.12 bits per heavy atom. The van der Waals surface area contributed by atoms with E-state index < -0.39 is 0 Å². The predicted molar refractivity (Wildman–Crippen MR) is 97.7 cm³/mol. The molecule has 1 aromatic heterocycles. The van der Waals surface area contributed by atoms with Gasteiger partial charge in [-0.1, -0.05) is 32.0 Å². The SMILES string of the molecule is CCCN(CCC)CCNC(=O)c1cc(C)nn1-c1ccccc1. The number of nitrogens with zero attached hydrogens (tertiary/aromatic N) is 3. The summed E-state index contributed by atoms with van der Waals surface area (Å²) >= 11 is 0. The van der Waals surface area contributed by atoms with Crippen LogP contribution in [0.2, 0.25) is 0 Å². The number of hydrogen-bond donors (Lipinski definition) is 1. The number of carbonyl (C=O) groups is 1. The van der Waals surface area contributed by atoms with Crippen molar-refractivity contribution in [1.29, 1.82) is 0 Å². The van der Waals surface area contributed by atoms with Crippen LogP contribution in [0.15, 0.2) is 36.4 Å². The zero-order valence-electron chi connectivity index (χ0n) is 15.0. The van der Waals surface area contributed by atoms with Gasteiger partial charge in [0, 0.05) is 13.1 Å². The zero-order valence-corrected chi connectivity index (χ0v) is 15.0. The Bertz CT molecular complexity index is 630. The van der Waals surface area contributed by atoms with Gasteiger partial charge in [-0.15, -0.1) is 0 Å². The fourth-order valence-corrected chi connectivity index (χ4v) is 2.81. The summed E-state index contributed by atoms with van der Waals surface area (Å²) in [6.45, 7) is 9.95. The van der Waals surface area contributed by atoms with Crippen LogP contribution in [0, 0.1) is 6.92 Å². The Hall–Kier alpha value is -2.14. The first-order valence-corrected chi connectivity index (χ1v) is 8.78. The van der Waals surface area contributed by atoms with Crippen LogP contribution < -0.4 is 5.32 Å². The minimum atomic E-state index is -0.0765. The van der Waals surface area contributed by atoms with Crippen LogP contribution in [0.1, 0.15) is 42.9 Å². The first-order chi connectivity index (χ1) is 11.7. The molecular weight excluding hydrogens is 300 g/mol. The fourth-order valence-electron chi connectivity index (χ4n) is 2.81. The molecule has 0 atom stereocenters. The molecule has 130 valence electrons. The third-order valence-electron chi connectivity index (χ3n) is 3.86. The summed E-state index contributed by atoms with van der Waals surface area (Å²) in [5, 5.41) is 7.48. The van der Waals surface area contributed by atoms with E-state index in [9.17, 15) is 4.79 Å². The Balaban J connectivity index is 2.00. The molecule has 1 amide bonds. The summed E-state index contributed by atoms with van der Waals surface area (Å²) < 4.78 is 1.71. The number of benzene rings is 1. The average Bonchev–Trinajstić information content (AvgIpc) is 2.98. The summed E-state index contributed by atoms with van der Waals surface area (Å²) in [4.78, 5) is 14.9. The second-order valence-electron chi connectivity index (χ2n) is 6.02. The second-order valence-corrected chi connectivity index (χ2v) is 6.02. The molecule has 0 saturated carbocycles. The fraction of sp³-hybridized carbons (Fsp3) is 0.474.